The van der Waals surface area contributed by atoms with Gasteiger partial charge < -0.3 is 15.0 Å². The Morgan fingerprint density at radius 1 is 1.30 bits per heavy atom. The number of ether oxygens (including phenoxy) is 1. The van der Waals surface area contributed by atoms with Crippen LogP contribution in [0.2, 0.25) is 0 Å². The van der Waals surface area contributed by atoms with E-state index in [2.05, 4.69) is 17.1 Å². The normalized spacial score (nSPS) is 16.6. The van der Waals surface area contributed by atoms with Crippen LogP contribution in [-0.4, -0.2) is 32.3 Å². The molecule has 0 saturated carbocycles. The van der Waals surface area contributed by atoms with E-state index in [0.717, 1.165) is 56.9 Å². The van der Waals surface area contributed by atoms with E-state index in [4.69, 9.17) is 4.74 Å². The minimum atomic E-state index is -0.161. The number of halogens is 1. The zero-order chi connectivity index (χ0) is 14.4. The van der Waals surface area contributed by atoms with Gasteiger partial charge >= 0.3 is 0 Å². The van der Waals surface area contributed by atoms with Gasteiger partial charge in [0.2, 0.25) is 0 Å². The Morgan fingerprint density at radius 2 is 2.05 bits per heavy atom. The van der Waals surface area contributed by atoms with E-state index in [1.807, 2.05) is 13.0 Å². The van der Waals surface area contributed by atoms with Crippen LogP contribution in [-0.2, 0) is 11.3 Å². The van der Waals surface area contributed by atoms with Gasteiger partial charge in [-0.25, -0.2) is 4.39 Å². The molecule has 0 aromatic heterocycles. The van der Waals surface area contributed by atoms with Crippen molar-refractivity contribution in [3.8, 4) is 0 Å². The topological polar surface area (TPSA) is 24.5 Å². The molecule has 0 atom stereocenters. The van der Waals surface area contributed by atoms with Gasteiger partial charge in [-0.3, -0.25) is 0 Å². The number of benzene rings is 1. The lowest BCUT2D eigenvalue weighted by molar-refractivity contribution is 0.0459. The van der Waals surface area contributed by atoms with Crippen molar-refractivity contribution in [2.75, 3.05) is 31.1 Å². The summed E-state index contributed by atoms with van der Waals surface area (Å²) in [5.74, 6) is -0.161. The Labute approximate surface area is 121 Å². The summed E-state index contributed by atoms with van der Waals surface area (Å²) in [4.78, 5) is 2.35. The van der Waals surface area contributed by atoms with Crippen LogP contribution in [0.3, 0.4) is 0 Å². The SMILES string of the molecule is CCNCc1cc(F)ccc1N1CCC(OCC)CC1. The average Bonchev–Trinajstić information content (AvgIpc) is 2.47. The van der Waals surface area contributed by atoms with E-state index in [0.29, 0.717) is 6.10 Å². The van der Waals surface area contributed by atoms with Crippen LogP contribution in [0.25, 0.3) is 0 Å². The molecular weight excluding hydrogens is 255 g/mol. The van der Waals surface area contributed by atoms with Gasteiger partial charge in [-0.05, 0) is 50.1 Å². The molecule has 112 valence electrons. The van der Waals surface area contributed by atoms with Crippen LogP contribution in [0.4, 0.5) is 10.1 Å². The fourth-order valence-corrected chi connectivity index (χ4v) is 2.76. The summed E-state index contributed by atoms with van der Waals surface area (Å²) in [7, 11) is 0. The average molecular weight is 280 g/mol. The second kappa shape index (κ2) is 7.60. The standard InChI is InChI=1S/C16H25FN2O/c1-3-18-12-13-11-14(17)5-6-16(13)19-9-7-15(8-10-19)20-4-2/h5-6,11,15,18H,3-4,7-10,12H2,1-2H3. The molecule has 0 spiro atoms. The first kappa shape index (κ1) is 15.3. The Kier molecular flexibility index (Phi) is 5.80. The molecule has 1 aromatic rings. The molecule has 1 fully saturated rings. The highest BCUT2D eigenvalue weighted by Crippen LogP contribution is 2.26. The van der Waals surface area contributed by atoms with Gasteiger partial charge in [-0.2, -0.15) is 0 Å². The van der Waals surface area contributed by atoms with Crippen LogP contribution in [0.1, 0.15) is 32.3 Å². The van der Waals surface area contributed by atoms with Crippen LogP contribution < -0.4 is 10.2 Å². The lowest BCUT2D eigenvalue weighted by atomic mass is 10.0. The lowest BCUT2D eigenvalue weighted by Crippen LogP contribution is -2.37. The number of anilines is 1. The molecule has 2 rings (SSSR count). The molecule has 1 aromatic carbocycles. The molecule has 1 N–H and O–H groups in total. The Morgan fingerprint density at radius 3 is 2.70 bits per heavy atom. The summed E-state index contributed by atoms with van der Waals surface area (Å²) >= 11 is 0. The summed E-state index contributed by atoms with van der Waals surface area (Å²) in [5.41, 5.74) is 2.20. The van der Waals surface area contributed by atoms with E-state index in [1.54, 1.807) is 12.1 Å². The molecule has 0 aliphatic carbocycles. The van der Waals surface area contributed by atoms with E-state index < -0.39 is 0 Å². The Balaban J connectivity index is 2.04. The number of rotatable bonds is 6. The molecule has 0 radical (unpaired) electrons. The summed E-state index contributed by atoms with van der Waals surface area (Å²) < 4.78 is 19.1. The second-order valence-corrected chi connectivity index (χ2v) is 5.20. The molecule has 1 aliphatic rings. The van der Waals surface area contributed by atoms with E-state index >= 15 is 0 Å². The van der Waals surface area contributed by atoms with E-state index in [1.165, 1.54) is 0 Å². The monoisotopic (exact) mass is 280 g/mol. The third-order valence-corrected chi connectivity index (χ3v) is 3.79. The first-order valence-electron chi connectivity index (χ1n) is 7.60. The third kappa shape index (κ3) is 3.93. The maximum absolute atomic E-state index is 13.4. The maximum Gasteiger partial charge on any atom is 0.123 e. The van der Waals surface area contributed by atoms with Crippen LogP contribution in [0.15, 0.2) is 18.2 Å². The van der Waals surface area contributed by atoms with Gasteiger partial charge in [0.05, 0.1) is 6.10 Å². The van der Waals surface area contributed by atoms with Gasteiger partial charge in [-0.1, -0.05) is 6.92 Å². The fraction of sp³-hybridized carbons (Fsp3) is 0.625. The molecule has 1 heterocycles. The van der Waals surface area contributed by atoms with Crippen LogP contribution in [0, 0.1) is 5.82 Å². The highest BCUT2D eigenvalue weighted by molar-refractivity contribution is 5.54. The largest absolute Gasteiger partial charge is 0.378 e. The zero-order valence-corrected chi connectivity index (χ0v) is 12.5. The second-order valence-electron chi connectivity index (χ2n) is 5.20. The van der Waals surface area contributed by atoms with Crippen molar-refractivity contribution in [1.82, 2.24) is 5.32 Å². The lowest BCUT2D eigenvalue weighted by Gasteiger charge is -2.34. The molecule has 1 aliphatic heterocycles. The number of hydrogen-bond donors (Lipinski definition) is 1. The first-order chi connectivity index (χ1) is 9.74. The van der Waals surface area contributed by atoms with Gasteiger partial charge in [-0.15, -0.1) is 0 Å². The number of hydrogen-bond acceptors (Lipinski definition) is 3. The van der Waals surface area contributed by atoms with Gasteiger partial charge in [0.25, 0.3) is 0 Å². The molecule has 0 unspecified atom stereocenters. The highest BCUT2D eigenvalue weighted by Gasteiger charge is 2.21. The van der Waals surface area contributed by atoms with Gasteiger partial charge in [0, 0.05) is 31.9 Å². The van der Waals surface area contributed by atoms with Gasteiger partial charge in [0.15, 0.2) is 0 Å². The Bertz CT molecular complexity index is 417. The Hall–Kier alpha value is -1.13. The summed E-state index contributed by atoms with van der Waals surface area (Å²) in [6.07, 6.45) is 2.48. The number of nitrogens with zero attached hydrogens (tertiary/aromatic N) is 1. The predicted octanol–water partition coefficient (Wildman–Crippen LogP) is 2.94. The molecule has 1 saturated heterocycles. The van der Waals surface area contributed by atoms with Gasteiger partial charge in [0.1, 0.15) is 5.82 Å². The number of nitrogens with one attached hydrogen (secondary N) is 1. The highest BCUT2D eigenvalue weighted by atomic mass is 19.1. The van der Waals surface area contributed by atoms with Crippen molar-refractivity contribution in [2.45, 2.75) is 39.3 Å². The van der Waals surface area contributed by atoms with Crippen molar-refractivity contribution < 1.29 is 9.13 Å². The van der Waals surface area contributed by atoms with Crippen molar-refractivity contribution in [3.05, 3.63) is 29.6 Å². The summed E-state index contributed by atoms with van der Waals surface area (Å²) in [5, 5.41) is 3.28. The molecule has 0 bridgehead atoms. The van der Waals surface area contributed by atoms with Crippen molar-refractivity contribution >= 4 is 5.69 Å². The molecular formula is C16H25FN2O. The van der Waals surface area contributed by atoms with Crippen molar-refractivity contribution in [1.29, 1.82) is 0 Å². The minimum Gasteiger partial charge on any atom is -0.378 e. The minimum absolute atomic E-state index is 0.161. The maximum atomic E-state index is 13.4. The predicted molar refractivity (Wildman–Crippen MR) is 80.6 cm³/mol. The fourth-order valence-electron chi connectivity index (χ4n) is 2.76. The molecule has 0 amide bonds. The van der Waals surface area contributed by atoms with Crippen molar-refractivity contribution in [2.24, 2.45) is 0 Å². The van der Waals surface area contributed by atoms with Crippen LogP contribution in [0.5, 0.6) is 0 Å². The molecule has 20 heavy (non-hydrogen) atoms. The smallest absolute Gasteiger partial charge is 0.123 e. The summed E-state index contributed by atoms with van der Waals surface area (Å²) in [6, 6.07) is 5.11. The quantitative estimate of drug-likeness (QED) is 0.867. The van der Waals surface area contributed by atoms with Crippen molar-refractivity contribution in [3.63, 3.8) is 0 Å². The van der Waals surface area contributed by atoms with Crippen LogP contribution >= 0.6 is 0 Å². The van der Waals surface area contributed by atoms with E-state index in [-0.39, 0.29) is 5.82 Å². The molecule has 4 heteroatoms. The third-order valence-electron chi connectivity index (χ3n) is 3.79. The first-order valence-corrected chi connectivity index (χ1v) is 7.60. The summed E-state index contributed by atoms with van der Waals surface area (Å²) in [6.45, 7) is 8.46. The van der Waals surface area contributed by atoms with E-state index in [9.17, 15) is 4.39 Å². The number of piperidine rings is 1. The molecule has 3 nitrogen and oxygen atoms in total. The zero-order valence-electron chi connectivity index (χ0n) is 12.5.